The zero-order valence-electron chi connectivity index (χ0n) is 16.2. The molecule has 6 rings (SSSR count). The van der Waals surface area contributed by atoms with E-state index in [0.717, 1.165) is 42.7 Å². The average Bonchev–Trinajstić information content (AvgIpc) is 3.39. The number of carbonyl (C=O) groups excluding carboxylic acids is 1. The lowest BCUT2D eigenvalue weighted by molar-refractivity contribution is -0.122. The minimum absolute atomic E-state index is 0.0578. The summed E-state index contributed by atoms with van der Waals surface area (Å²) in [7, 11) is 0. The third kappa shape index (κ3) is 2.42. The fourth-order valence-electron chi connectivity index (χ4n) is 5.00. The topological polar surface area (TPSA) is 57.2 Å². The van der Waals surface area contributed by atoms with Gasteiger partial charge in [-0.2, -0.15) is 0 Å². The highest BCUT2D eigenvalue weighted by molar-refractivity contribution is 6.11. The average molecular weight is 393 g/mol. The molecular formula is C23H23NO5. The van der Waals surface area contributed by atoms with Gasteiger partial charge in [0.25, 0.3) is 0 Å². The molecule has 1 saturated heterocycles. The largest absolute Gasteiger partial charge is 0.491 e. The molecule has 0 bridgehead atoms. The van der Waals surface area contributed by atoms with Crippen molar-refractivity contribution < 1.29 is 23.7 Å². The van der Waals surface area contributed by atoms with Crippen molar-refractivity contribution in [2.24, 2.45) is 0 Å². The minimum Gasteiger partial charge on any atom is -0.491 e. The van der Waals surface area contributed by atoms with Gasteiger partial charge in [0.15, 0.2) is 11.5 Å². The standard InChI is InChI=1S/C23H23NO5/c25-22-23(14-29-19-12-21-20(11-17(19)23)27-9-4-10-28-21)16-6-1-2-7-18(16)24(22)13-15-5-3-8-26-15/h1-2,6-7,11-12,15H,3-5,8-10,13-14H2/t15-,23?/m1/s1. The fraction of sp³-hybridized carbons (Fsp3) is 0.435. The van der Waals surface area contributed by atoms with Crippen molar-refractivity contribution in [2.75, 3.05) is 37.9 Å². The third-order valence-electron chi connectivity index (χ3n) is 6.43. The van der Waals surface area contributed by atoms with Crippen LogP contribution in [0.1, 0.15) is 30.4 Å². The van der Waals surface area contributed by atoms with E-state index in [1.54, 1.807) is 0 Å². The van der Waals surface area contributed by atoms with Gasteiger partial charge in [0.1, 0.15) is 17.8 Å². The molecule has 150 valence electrons. The second kappa shape index (κ2) is 6.39. The Bertz CT molecular complexity index is 983. The van der Waals surface area contributed by atoms with Crippen molar-refractivity contribution in [1.82, 2.24) is 0 Å². The maximum absolute atomic E-state index is 13.9. The molecule has 1 amide bonds. The number of amides is 1. The van der Waals surface area contributed by atoms with Gasteiger partial charge in [-0.1, -0.05) is 18.2 Å². The summed E-state index contributed by atoms with van der Waals surface area (Å²) in [5.41, 5.74) is 1.98. The molecule has 0 N–H and O–H groups in total. The van der Waals surface area contributed by atoms with Crippen molar-refractivity contribution >= 4 is 11.6 Å². The molecular weight excluding hydrogens is 370 g/mol. The summed E-state index contributed by atoms with van der Waals surface area (Å²) in [5, 5.41) is 0. The molecule has 2 aromatic carbocycles. The molecule has 4 aliphatic rings. The SMILES string of the molecule is O=C1N(C[C@H]2CCCO2)c2ccccc2C12COc1cc3c(cc12)OCCCO3. The minimum atomic E-state index is -0.838. The van der Waals surface area contributed by atoms with Gasteiger partial charge in [-0.25, -0.2) is 0 Å². The number of fused-ring (bicyclic) bond motifs is 5. The molecule has 0 radical (unpaired) electrons. The van der Waals surface area contributed by atoms with Gasteiger partial charge in [-0.3, -0.25) is 4.79 Å². The Kier molecular flexibility index (Phi) is 3.78. The van der Waals surface area contributed by atoms with Crippen molar-refractivity contribution in [3.63, 3.8) is 0 Å². The second-order valence-electron chi connectivity index (χ2n) is 8.11. The number of anilines is 1. The maximum Gasteiger partial charge on any atom is 0.245 e. The number of hydrogen-bond donors (Lipinski definition) is 0. The summed E-state index contributed by atoms with van der Waals surface area (Å²) < 4.78 is 23.6. The predicted octanol–water partition coefficient (Wildman–Crippen LogP) is 3.05. The monoisotopic (exact) mass is 393 g/mol. The molecule has 1 spiro atoms. The number of carbonyl (C=O) groups is 1. The van der Waals surface area contributed by atoms with Crippen LogP contribution in [0, 0.1) is 0 Å². The highest BCUT2D eigenvalue weighted by Crippen LogP contribution is 2.54. The van der Waals surface area contributed by atoms with Crippen LogP contribution in [0.5, 0.6) is 17.2 Å². The van der Waals surface area contributed by atoms with Gasteiger partial charge in [0, 0.05) is 30.3 Å². The van der Waals surface area contributed by atoms with Crippen LogP contribution in [-0.4, -0.2) is 45.0 Å². The molecule has 6 heteroatoms. The Morgan fingerprint density at radius 2 is 1.76 bits per heavy atom. The van der Waals surface area contributed by atoms with Crippen molar-refractivity contribution in [3.8, 4) is 17.2 Å². The number of nitrogens with zero attached hydrogens (tertiary/aromatic N) is 1. The Morgan fingerprint density at radius 3 is 2.59 bits per heavy atom. The first-order valence-electron chi connectivity index (χ1n) is 10.4. The quantitative estimate of drug-likeness (QED) is 0.785. The van der Waals surface area contributed by atoms with Gasteiger partial charge < -0.3 is 23.8 Å². The first-order valence-corrected chi connectivity index (χ1v) is 10.4. The number of para-hydroxylation sites is 1. The first-order chi connectivity index (χ1) is 14.3. The molecule has 0 aromatic heterocycles. The van der Waals surface area contributed by atoms with E-state index in [2.05, 4.69) is 0 Å². The summed E-state index contributed by atoms with van der Waals surface area (Å²) >= 11 is 0. The summed E-state index contributed by atoms with van der Waals surface area (Å²) in [4.78, 5) is 15.8. The van der Waals surface area contributed by atoms with Gasteiger partial charge in [0.2, 0.25) is 5.91 Å². The van der Waals surface area contributed by atoms with Crippen molar-refractivity contribution in [3.05, 3.63) is 47.5 Å². The molecule has 2 atom stereocenters. The zero-order valence-corrected chi connectivity index (χ0v) is 16.2. The number of hydrogen-bond acceptors (Lipinski definition) is 5. The van der Waals surface area contributed by atoms with Crippen LogP contribution in [0.15, 0.2) is 36.4 Å². The number of rotatable bonds is 2. The van der Waals surface area contributed by atoms with Crippen LogP contribution in [-0.2, 0) is 14.9 Å². The van der Waals surface area contributed by atoms with E-state index in [9.17, 15) is 4.79 Å². The molecule has 1 fully saturated rings. The summed E-state index contributed by atoms with van der Waals surface area (Å²) in [5.74, 6) is 2.14. The maximum atomic E-state index is 13.9. The van der Waals surface area contributed by atoms with Crippen molar-refractivity contribution in [2.45, 2.75) is 30.8 Å². The van der Waals surface area contributed by atoms with Gasteiger partial charge >= 0.3 is 0 Å². The van der Waals surface area contributed by atoms with E-state index >= 15 is 0 Å². The smallest absolute Gasteiger partial charge is 0.245 e. The number of ether oxygens (including phenoxy) is 4. The Hall–Kier alpha value is -2.73. The van der Waals surface area contributed by atoms with E-state index in [4.69, 9.17) is 18.9 Å². The summed E-state index contributed by atoms with van der Waals surface area (Å²) in [6, 6.07) is 11.9. The van der Waals surface area contributed by atoms with Crippen LogP contribution in [0.2, 0.25) is 0 Å². The van der Waals surface area contributed by atoms with Crippen LogP contribution >= 0.6 is 0 Å². The highest BCUT2D eigenvalue weighted by Gasteiger charge is 2.57. The normalized spacial score (nSPS) is 27.0. The van der Waals surface area contributed by atoms with E-state index < -0.39 is 5.41 Å². The first kappa shape index (κ1) is 17.2. The van der Waals surface area contributed by atoms with Gasteiger partial charge in [-0.15, -0.1) is 0 Å². The summed E-state index contributed by atoms with van der Waals surface area (Å²) in [6.45, 7) is 2.87. The van der Waals surface area contributed by atoms with Gasteiger partial charge in [0.05, 0.1) is 25.9 Å². The molecule has 29 heavy (non-hydrogen) atoms. The summed E-state index contributed by atoms with van der Waals surface area (Å²) in [6.07, 6.45) is 2.97. The van der Waals surface area contributed by atoms with Crippen LogP contribution < -0.4 is 19.1 Å². The van der Waals surface area contributed by atoms with E-state index in [0.29, 0.717) is 43.6 Å². The third-order valence-corrected chi connectivity index (χ3v) is 6.43. The lowest BCUT2D eigenvalue weighted by Crippen LogP contribution is -2.44. The molecule has 1 unspecified atom stereocenters. The van der Waals surface area contributed by atoms with Crippen LogP contribution in [0.3, 0.4) is 0 Å². The molecule has 2 aromatic rings. The fourth-order valence-corrected chi connectivity index (χ4v) is 5.00. The van der Waals surface area contributed by atoms with E-state index in [-0.39, 0.29) is 12.0 Å². The van der Waals surface area contributed by atoms with E-state index in [1.165, 1.54) is 0 Å². The highest BCUT2D eigenvalue weighted by atomic mass is 16.5. The molecule has 0 aliphatic carbocycles. The number of benzene rings is 2. The second-order valence-corrected chi connectivity index (χ2v) is 8.11. The molecule has 6 nitrogen and oxygen atoms in total. The Morgan fingerprint density at radius 1 is 0.931 bits per heavy atom. The van der Waals surface area contributed by atoms with Crippen LogP contribution in [0.4, 0.5) is 5.69 Å². The lowest BCUT2D eigenvalue weighted by Gasteiger charge is -2.25. The predicted molar refractivity (Wildman–Crippen MR) is 106 cm³/mol. The van der Waals surface area contributed by atoms with Crippen molar-refractivity contribution in [1.29, 1.82) is 0 Å². The van der Waals surface area contributed by atoms with Gasteiger partial charge in [-0.05, 0) is 30.5 Å². The van der Waals surface area contributed by atoms with Crippen LogP contribution in [0.25, 0.3) is 0 Å². The molecule has 4 heterocycles. The van der Waals surface area contributed by atoms with E-state index in [1.807, 2.05) is 41.3 Å². The Balaban J connectivity index is 1.47. The molecule has 0 saturated carbocycles. The molecule has 4 aliphatic heterocycles. The zero-order chi connectivity index (χ0) is 19.4. The lowest BCUT2D eigenvalue weighted by atomic mass is 9.77. The Labute approximate surface area is 169 Å².